The lowest BCUT2D eigenvalue weighted by Gasteiger charge is -2.32. The molecule has 1 aliphatic heterocycles. The molecule has 4 atom stereocenters. The Balaban J connectivity index is 1.76. The van der Waals surface area contributed by atoms with E-state index in [1.54, 1.807) is 19.1 Å². The monoisotopic (exact) mass is 309 g/mol. The molecule has 0 spiro atoms. The van der Waals surface area contributed by atoms with Crippen LogP contribution in [0.2, 0.25) is 0 Å². The number of hydrogen-bond acceptors (Lipinski definition) is 4. The summed E-state index contributed by atoms with van der Waals surface area (Å²) in [6.07, 6.45) is 4.03. The van der Waals surface area contributed by atoms with Crippen LogP contribution in [0.25, 0.3) is 5.70 Å². The SMILES string of the molecule is CC(=O)C1CC2CC1C1=C(c3ccc(C(N)=O)cc3)NN=CC12. The lowest BCUT2D eigenvalue weighted by atomic mass is 9.75. The summed E-state index contributed by atoms with van der Waals surface area (Å²) in [7, 11) is 0. The number of primary amides is 1. The first-order valence-corrected chi connectivity index (χ1v) is 8.00. The van der Waals surface area contributed by atoms with Crippen LogP contribution >= 0.6 is 0 Å². The van der Waals surface area contributed by atoms with E-state index in [1.807, 2.05) is 18.3 Å². The van der Waals surface area contributed by atoms with Crippen molar-refractivity contribution in [2.24, 2.45) is 34.5 Å². The van der Waals surface area contributed by atoms with Crippen molar-refractivity contribution in [3.63, 3.8) is 0 Å². The van der Waals surface area contributed by atoms with Crippen molar-refractivity contribution in [2.75, 3.05) is 0 Å². The van der Waals surface area contributed by atoms with Crippen LogP contribution in [0.4, 0.5) is 0 Å². The average Bonchev–Trinajstić information content (AvgIpc) is 3.14. The predicted molar refractivity (Wildman–Crippen MR) is 87.4 cm³/mol. The van der Waals surface area contributed by atoms with Crippen molar-refractivity contribution in [3.05, 3.63) is 41.0 Å². The quantitative estimate of drug-likeness (QED) is 0.895. The van der Waals surface area contributed by atoms with Crippen molar-refractivity contribution in [1.29, 1.82) is 0 Å². The lowest BCUT2D eigenvalue weighted by molar-refractivity contribution is -0.121. The molecule has 3 N–H and O–H groups in total. The van der Waals surface area contributed by atoms with E-state index in [-0.39, 0.29) is 11.7 Å². The Labute approximate surface area is 134 Å². The van der Waals surface area contributed by atoms with E-state index in [4.69, 9.17) is 5.73 Å². The van der Waals surface area contributed by atoms with Gasteiger partial charge in [-0.2, -0.15) is 5.10 Å². The van der Waals surface area contributed by atoms with Gasteiger partial charge in [-0.1, -0.05) is 12.1 Å². The number of hydrogen-bond donors (Lipinski definition) is 2. The van der Waals surface area contributed by atoms with Crippen LogP contribution in [-0.4, -0.2) is 17.9 Å². The fourth-order valence-electron chi connectivity index (χ4n) is 4.50. The third-order valence-corrected chi connectivity index (χ3v) is 5.55. The second-order valence-corrected chi connectivity index (χ2v) is 6.74. The topological polar surface area (TPSA) is 84.5 Å². The molecule has 2 aliphatic carbocycles. The van der Waals surface area contributed by atoms with E-state index in [0.717, 1.165) is 24.1 Å². The molecule has 2 saturated carbocycles. The Morgan fingerprint density at radius 2 is 1.96 bits per heavy atom. The number of amides is 1. The highest BCUT2D eigenvalue weighted by Crippen LogP contribution is 2.56. The molecule has 1 aromatic rings. The van der Waals surface area contributed by atoms with Crippen LogP contribution in [0, 0.1) is 23.7 Å². The number of carbonyl (C=O) groups excluding carboxylic acids is 2. The number of benzene rings is 1. The third-order valence-electron chi connectivity index (χ3n) is 5.55. The minimum atomic E-state index is -0.432. The molecule has 5 nitrogen and oxygen atoms in total. The minimum absolute atomic E-state index is 0.138. The zero-order chi connectivity index (χ0) is 16.1. The molecule has 23 heavy (non-hydrogen) atoms. The van der Waals surface area contributed by atoms with Gasteiger partial charge in [0.05, 0.1) is 5.70 Å². The van der Waals surface area contributed by atoms with Crippen molar-refractivity contribution in [3.8, 4) is 0 Å². The molecule has 2 bridgehead atoms. The number of nitrogens with one attached hydrogen (secondary N) is 1. The maximum Gasteiger partial charge on any atom is 0.248 e. The molecule has 0 aromatic heterocycles. The highest BCUT2D eigenvalue weighted by Gasteiger charge is 2.52. The van der Waals surface area contributed by atoms with Gasteiger partial charge in [-0.05, 0) is 54.9 Å². The van der Waals surface area contributed by atoms with E-state index in [2.05, 4.69) is 10.5 Å². The number of fused-ring (bicyclic) bond motifs is 5. The summed E-state index contributed by atoms with van der Waals surface area (Å²) in [6.45, 7) is 1.70. The molecule has 5 heteroatoms. The van der Waals surface area contributed by atoms with Crippen molar-refractivity contribution >= 4 is 23.6 Å². The largest absolute Gasteiger partial charge is 0.366 e. The summed E-state index contributed by atoms with van der Waals surface area (Å²) < 4.78 is 0. The number of nitrogens with two attached hydrogens (primary N) is 1. The van der Waals surface area contributed by atoms with Gasteiger partial charge in [-0.15, -0.1) is 0 Å². The maximum absolute atomic E-state index is 11.9. The van der Waals surface area contributed by atoms with Gasteiger partial charge in [0.15, 0.2) is 0 Å². The molecular formula is C18H19N3O2. The molecule has 2 fully saturated rings. The highest BCUT2D eigenvalue weighted by molar-refractivity contribution is 5.93. The first kappa shape index (κ1) is 14.2. The van der Waals surface area contributed by atoms with E-state index in [0.29, 0.717) is 23.3 Å². The van der Waals surface area contributed by atoms with Crippen LogP contribution in [0.3, 0.4) is 0 Å². The standard InChI is InChI=1S/C18H19N3O2/c1-9(22)13-6-12-7-14(13)16-15(12)8-20-21-17(16)10-2-4-11(5-3-10)18(19)23/h2-5,8,12-15,21H,6-7H2,1H3,(H2,19,23). The Bertz CT molecular complexity index is 748. The summed E-state index contributed by atoms with van der Waals surface area (Å²) in [5.41, 5.74) is 12.2. The van der Waals surface area contributed by atoms with E-state index in [1.165, 1.54) is 5.57 Å². The highest BCUT2D eigenvalue weighted by atomic mass is 16.1. The summed E-state index contributed by atoms with van der Waals surface area (Å²) in [5.74, 6) is 1.16. The number of carbonyl (C=O) groups is 2. The normalized spacial score (nSPS) is 31.0. The first-order chi connectivity index (χ1) is 11.1. The van der Waals surface area contributed by atoms with Crippen LogP contribution in [-0.2, 0) is 4.79 Å². The molecule has 4 rings (SSSR count). The zero-order valence-corrected chi connectivity index (χ0v) is 13.0. The van der Waals surface area contributed by atoms with Gasteiger partial charge >= 0.3 is 0 Å². The van der Waals surface area contributed by atoms with Gasteiger partial charge in [0.25, 0.3) is 0 Å². The number of Topliss-reactive ketones (excluding diaryl/α,β-unsaturated/α-hetero) is 1. The van der Waals surface area contributed by atoms with Crippen molar-refractivity contribution < 1.29 is 9.59 Å². The van der Waals surface area contributed by atoms with Crippen molar-refractivity contribution in [1.82, 2.24) is 5.43 Å². The molecule has 118 valence electrons. The zero-order valence-electron chi connectivity index (χ0n) is 13.0. The van der Waals surface area contributed by atoms with Gasteiger partial charge < -0.3 is 5.73 Å². The third kappa shape index (κ3) is 2.11. The maximum atomic E-state index is 11.9. The summed E-state index contributed by atoms with van der Waals surface area (Å²) in [5, 5.41) is 4.31. The minimum Gasteiger partial charge on any atom is -0.366 e. The fraction of sp³-hybridized carbons (Fsp3) is 0.389. The first-order valence-electron chi connectivity index (χ1n) is 8.00. The molecule has 1 heterocycles. The van der Waals surface area contributed by atoms with E-state index >= 15 is 0 Å². The van der Waals surface area contributed by atoms with E-state index in [9.17, 15) is 9.59 Å². The average molecular weight is 309 g/mol. The Kier molecular flexibility index (Phi) is 3.11. The van der Waals surface area contributed by atoms with Gasteiger partial charge in [0.1, 0.15) is 5.78 Å². The van der Waals surface area contributed by atoms with E-state index < -0.39 is 5.91 Å². The summed E-state index contributed by atoms with van der Waals surface area (Å²) in [6, 6.07) is 7.25. The Hall–Kier alpha value is -2.43. The molecular weight excluding hydrogens is 290 g/mol. The predicted octanol–water partition coefficient (Wildman–Crippen LogP) is 1.95. The molecule has 3 aliphatic rings. The number of ketones is 1. The van der Waals surface area contributed by atoms with Gasteiger partial charge in [0, 0.05) is 23.6 Å². The van der Waals surface area contributed by atoms with Gasteiger partial charge in [-0.25, -0.2) is 0 Å². The molecule has 1 amide bonds. The van der Waals surface area contributed by atoms with Gasteiger partial charge in [0.2, 0.25) is 5.91 Å². The number of hydrazone groups is 1. The smallest absolute Gasteiger partial charge is 0.248 e. The van der Waals surface area contributed by atoms with Crippen LogP contribution in [0.15, 0.2) is 34.9 Å². The second-order valence-electron chi connectivity index (χ2n) is 6.74. The summed E-state index contributed by atoms with van der Waals surface area (Å²) >= 11 is 0. The van der Waals surface area contributed by atoms with Crippen LogP contribution in [0.1, 0.15) is 35.7 Å². The number of allylic oxidation sites excluding steroid dienone is 1. The number of rotatable bonds is 3. The summed E-state index contributed by atoms with van der Waals surface area (Å²) in [4.78, 5) is 23.2. The Morgan fingerprint density at radius 1 is 1.22 bits per heavy atom. The second kappa shape index (κ2) is 5.05. The molecule has 0 saturated heterocycles. The van der Waals surface area contributed by atoms with Crippen LogP contribution in [0.5, 0.6) is 0 Å². The molecule has 4 unspecified atom stereocenters. The molecule has 0 radical (unpaired) electrons. The lowest BCUT2D eigenvalue weighted by Crippen LogP contribution is -2.31. The van der Waals surface area contributed by atoms with Crippen LogP contribution < -0.4 is 11.2 Å². The number of nitrogens with zero attached hydrogens (tertiary/aromatic N) is 1. The Morgan fingerprint density at radius 3 is 2.61 bits per heavy atom. The van der Waals surface area contributed by atoms with Gasteiger partial charge in [-0.3, -0.25) is 15.0 Å². The van der Waals surface area contributed by atoms with Crippen molar-refractivity contribution in [2.45, 2.75) is 19.8 Å². The fourth-order valence-corrected chi connectivity index (χ4v) is 4.50. The molecule has 1 aromatic carbocycles.